The summed E-state index contributed by atoms with van der Waals surface area (Å²) in [4.78, 5) is 0. The van der Waals surface area contributed by atoms with Gasteiger partial charge in [-0.15, -0.1) is 0 Å². The van der Waals surface area contributed by atoms with Crippen LogP contribution in [0.15, 0.2) is 17.3 Å². The zero-order valence-electron chi connectivity index (χ0n) is 12.8. The van der Waals surface area contributed by atoms with Gasteiger partial charge in [0.15, 0.2) is 15.7 Å². The van der Waals surface area contributed by atoms with Crippen molar-refractivity contribution in [1.82, 2.24) is 0 Å². The van der Waals surface area contributed by atoms with Gasteiger partial charge < -0.3 is 15.7 Å². The highest BCUT2D eigenvalue weighted by molar-refractivity contribution is 7.91. The van der Waals surface area contributed by atoms with E-state index in [9.17, 15) is 8.42 Å². The number of nitrogens with two attached hydrogens (primary N) is 1. The number of ether oxygens (including phenoxy) is 1. The third-order valence-corrected chi connectivity index (χ3v) is 5.37. The highest BCUT2D eigenvalue weighted by atomic mass is 32.2. The van der Waals surface area contributed by atoms with E-state index in [1.807, 2.05) is 13.8 Å². The second-order valence-corrected chi connectivity index (χ2v) is 7.87. The van der Waals surface area contributed by atoms with Crippen molar-refractivity contribution < 1.29 is 18.4 Å². The molecule has 0 fully saturated rings. The van der Waals surface area contributed by atoms with Crippen LogP contribution in [-0.4, -0.2) is 37.1 Å². The first-order chi connectivity index (χ1) is 9.69. The minimum absolute atomic E-state index is 0.0223. The maximum Gasteiger partial charge on any atom is 0.170 e. The van der Waals surface area contributed by atoms with E-state index in [4.69, 9.17) is 15.7 Å². The first-order valence-corrected chi connectivity index (χ1v) is 8.34. The molecule has 0 spiro atoms. The summed E-state index contributed by atoms with van der Waals surface area (Å²) >= 11 is 0. The molecule has 0 aliphatic rings. The number of hydrogen-bond donors (Lipinski definition) is 2. The van der Waals surface area contributed by atoms with Crippen molar-refractivity contribution in [1.29, 1.82) is 0 Å². The molecule has 1 rings (SSSR count). The van der Waals surface area contributed by atoms with E-state index in [2.05, 4.69) is 5.16 Å². The summed E-state index contributed by atoms with van der Waals surface area (Å²) in [6, 6.07) is 3.46. The van der Waals surface area contributed by atoms with Gasteiger partial charge in [0.2, 0.25) is 0 Å². The summed E-state index contributed by atoms with van der Waals surface area (Å²) in [6.45, 7) is 7.06. The molecule has 0 aliphatic heterocycles. The monoisotopic (exact) mass is 314 g/mol. The van der Waals surface area contributed by atoms with Crippen molar-refractivity contribution in [2.75, 3.05) is 12.4 Å². The molecule has 0 heterocycles. The largest absolute Gasteiger partial charge is 0.492 e. The molecule has 0 saturated heterocycles. The molecule has 1 aromatic carbocycles. The summed E-state index contributed by atoms with van der Waals surface area (Å²) in [5.74, 6) is 0.629. The maximum absolute atomic E-state index is 11.7. The SMILES string of the molecule is Cc1cc(C(N)=NO)cc(C)c1OCCS(=O)(=O)C(C)C. The molecule has 0 aromatic heterocycles. The predicted octanol–water partition coefficient (Wildman–Crippen LogP) is 1.60. The maximum atomic E-state index is 11.7. The number of hydrogen-bond acceptors (Lipinski definition) is 5. The summed E-state index contributed by atoms with van der Waals surface area (Å²) in [6.07, 6.45) is 0. The smallest absolute Gasteiger partial charge is 0.170 e. The van der Waals surface area contributed by atoms with Gasteiger partial charge in [0.1, 0.15) is 12.4 Å². The van der Waals surface area contributed by atoms with E-state index in [-0.39, 0.29) is 18.2 Å². The Bertz CT molecular complexity index is 613. The molecule has 0 aliphatic carbocycles. The van der Waals surface area contributed by atoms with Crippen LogP contribution in [0.25, 0.3) is 0 Å². The van der Waals surface area contributed by atoms with Gasteiger partial charge in [-0.05, 0) is 51.0 Å². The quantitative estimate of drug-likeness (QED) is 0.359. The number of oxime groups is 1. The van der Waals surface area contributed by atoms with E-state index >= 15 is 0 Å². The van der Waals surface area contributed by atoms with Gasteiger partial charge in [-0.1, -0.05) is 5.16 Å². The van der Waals surface area contributed by atoms with Crippen LogP contribution in [0.1, 0.15) is 30.5 Å². The minimum atomic E-state index is -3.12. The normalized spacial score (nSPS) is 12.7. The lowest BCUT2D eigenvalue weighted by Crippen LogP contribution is -2.22. The molecular weight excluding hydrogens is 292 g/mol. The van der Waals surface area contributed by atoms with Crippen molar-refractivity contribution in [3.05, 3.63) is 28.8 Å². The Balaban J connectivity index is 2.87. The van der Waals surface area contributed by atoms with E-state index < -0.39 is 15.1 Å². The van der Waals surface area contributed by atoms with Crippen molar-refractivity contribution in [2.24, 2.45) is 10.9 Å². The zero-order chi connectivity index (χ0) is 16.2. The summed E-state index contributed by atoms with van der Waals surface area (Å²) in [7, 11) is -3.12. The van der Waals surface area contributed by atoms with Crippen LogP contribution in [-0.2, 0) is 9.84 Å². The first kappa shape index (κ1) is 17.3. The van der Waals surface area contributed by atoms with Gasteiger partial charge in [0, 0.05) is 5.56 Å². The van der Waals surface area contributed by atoms with Gasteiger partial charge in [-0.25, -0.2) is 8.42 Å². The molecule has 21 heavy (non-hydrogen) atoms. The number of benzene rings is 1. The number of amidine groups is 1. The predicted molar refractivity (Wildman–Crippen MR) is 82.8 cm³/mol. The van der Waals surface area contributed by atoms with Gasteiger partial charge in [0.05, 0.1) is 11.0 Å². The molecule has 0 saturated carbocycles. The highest BCUT2D eigenvalue weighted by Crippen LogP contribution is 2.25. The van der Waals surface area contributed by atoms with Crippen LogP contribution in [0.5, 0.6) is 5.75 Å². The molecule has 7 heteroatoms. The molecular formula is C14H22N2O4S. The molecule has 0 bridgehead atoms. The van der Waals surface area contributed by atoms with Crippen molar-refractivity contribution in [2.45, 2.75) is 32.9 Å². The van der Waals surface area contributed by atoms with E-state index in [1.54, 1.807) is 26.0 Å². The Morgan fingerprint density at radius 2 is 1.86 bits per heavy atom. The van der Waals surface area contributed by atoms with Crippen LogP contribution >= 0.6 is 0 Å². The van der Waals surface area contributed by atoms with E-state index in [0.29, 0.717) is 11.3 Å². The van der Waals surface area contributed by atoms with E-state index in [1.165, 1.54) is 0 Å². The Morgan fingerprint density at radius 3 is 2.29 bits per heavy atom. The minimum Gasteiger partial charge on any atom is -0.492 e. The Kier molecular flexibility index (Phi) is 5.60. The Morgan fingerprint density at radius 1 is 1.33 bits per heavy atom. The topological polar surface area (TPSA) is 102 Å². The fourth-order valence-corrected chi connectivity index (χ4v) is 2.67. The molecule has 1 aromatic rings. The standard InChI is InChI=1S/C14H22N2O4S/c1-9(2)21(18,19)6-5-20-13-10(3)7-12(8-11(13)4)14(15)16-17/h7-9,17H,5-6H2,1-4H3,(H2,15,16). The molecule has 0 radical (unpaired) electrons. The Labute approximate surface area is 125 Å². The third kappa shape index (κ3) is 4.35. The van der Waals surface area contributed by atoms with Crippen LogP contribution in [0, 0.1) is 13.8 Å². The lowest BCUT2D eigenvalue weighted by Gasteiger charge is -2.14. The molecule has 6 nitrogen and oxygen atoms in total. The number of sulfone groups is 1. The zero-order valence-corrected chi connectivity index (χ0v) is 13.6. The van der Waals surface area contributed by atoms with E-state index in [0.717, 1.165) is 11.1 Å². The Hall–Kier alpha value is -1.76. The fraction of sp³-hybridized carbons (Fsp3) is 0.500. The number of rotatable bonds is 6. The van der Waals surface area contributed by atoms with Crippen LogP contribution in [0.4, 0.5) is 0 Å². The van der Waals surface area contributed by atoms with Crippen molar-refractivity contribution in [3.8, 4) is 5.75 Å². The van der Waals surface area contributed by atoms with Crippen molar-refractivity contribution >= 4 is 15.7 Å². The molecule has 0 amide bonds. The second-order valence-electron chi connectivity index (χ2n) is 5.19. The average Bonchev–Trinajstić information content (AvgIpc) is 2.40. The van der Waals surface area contributed by atoms with Gasteiger partial charge in [-0.2, -0.15) is 0 Å². The van der Waals surface area contributed by atoms with Crippen LogP contribution in [0.2, 0.25) is 0 Å². The van der Waals surface area contributed by atoms with Gasteiger partial charge >= 0.3 is 0 Å². The number of nitrogens with zero attached hydrogens (tertiary/aromatic N) is 1. The summed E-state index contributed by atoms with van der Waals surface area (Å²) in [5.41, 5.74) is 7.75. The van der Waals surface area contributed by atoms with Gasteiger partial charge in [0.25, 0.3) is 0 Å². The molecule has 0 atom stereocenters. The molecule has 3 N–H and O–H groups in total. The lowest BCUT2D eigenvalue weighted by atomic mass is 10.1. The fourth-order valence-electron chi connectivity index (χ4n) is 1.88. The summed E-state index contributed by atoms with van der Waals surface area (Å²) in [5, 5.41) is 11.2. The lowest BCUT2D eigenvalue weighted by molar-refractivity contribution is 0.318. The molecule has 118 valence electrons. The summed E-state index contributed by atoms with van der Waals surface area (Å²) < 4.78 is 29.1. The first-order valence-electron chi connectivity index (χ1n) is 6.62. The van der Waals surface area contributed by atoms with Crippen LogP contribution in [0.3, 0.4) is 0 Å². The highest BCUT2D eigenvalue weighted by Gasteiger charge is 2.17. The third-order valence-electron chi connectivity index (χ3n) is 3.20. The number of aryl methyl sites for hydroxylation is 2. The van der Waals surface area contributed by atoms with Crippen LogP contribution < -0.4 is 10.5 Å². The molecule has 0 unspecified atom stereocenters. The second kappa shape index (κ2) is 6.80. The average molecular weight is 314 g/mol. The van der Waals surface area contributed by atoms with Gasteiger partial charge in [-0.3, -0.25) is 0 Å². The van der Waals surface area contributed by atoms with Crippen molar-refractivity contribution in [3.63, 3.8) is 0 Å².